The van der Waals surface area contributed by atoms with Gasteiger partial charge in [0.2, 0.25) is 0 Å². The zero-order valence-electron chi connectivity index (χ0n) is 12.9. The van der Waals surface area contributed by atoms with Crippen molar-refractivity contribution < 1.29 is 14.3 Å². The van der Waals surface area contributed by atoms with Crippen LogP contribution in [0.3, 0.4) is 0 Å². The minimum absolute atomic E-state index is 0.0190. The molecule has 8 heteroatoms. The Hall–Kier alpha value is -1.30. The second kappa shape index (κ2) is 9.25. The average Bonchev–Trinajstić information content (AvgIpc) is 2.59. The van der Waals surface area contributed by atoms with E-state index in [1.165, 1.54) is 24.6 Å². The number of carbonyl (C=O) groups excluding carboxylic acids is 2. The van der Waals surface area contributed by atoms with Crippen LogP contribution in [0.1, 0.15) is 42.6 Å². The van der Waals surface area contributed by atoms with Crippen LogP contribution in [0.15, 0.2) is 17.8 Å². The van der Waals surface area contributed by atoms with Crippen molar-refractivity contribution >= 4 is 46.7 Å². The van der Waals surface area contributed by atoms with E-state index < -0.39 is 12.6 Å². The van der Waals surface area contributed by atoms with Crippen molar-refractivity contribution in [2.24, 2.45) is 0 Å². The first-order valence-corrected chi connectivity index (χ1v) is 8.73. The quantitative estimate of drug-likeness (QED) is 0.583. The van der Waals surface area contributed by atoms with Crippen LogP contribution in [0, 0.1) is 0 Å². The molecule has 24 heavy (non-hydrogen) atoms. The lowest BCUT2D eigenvalue weighted by atomic mass is 9.97. The third-order valence-corrected chi connectivity index (χ3v) is 4.84. The molecule has 1 amide bonds. The zero-order chi connectivity index (χ0) is 17.5. The smallest absolute Gasteiger partial charge is 0.359 e. The summed E-state index contributed by atoms with van der Waals surface area (Å²) in [7, 11) is 0. The number of allylic oxidation sites excluding steroid dienone is 1. The largest absolute Gasteiger partial charge is 0.451 e. The molecule has 0 radical (unpaired) electrons. The highest BCUT2D eigenvalue weighted by Gasteiger charge is 2.19. The van der Waals surface area contributed by atoms with Crippen molar-refractivity contribution in [1.29, 1.82) is 0 Å². The summed E-state index contributed by atoms with van der Waals surface area (Å²) in [5, 5.41) is 2.77. The minimum Gasteiger partial charge on any atom is -0.451 e. The highest BCUT2D eigenvalue weighted by molar-refractivity contribution is 6.48. The molecule has 0 bridgehead atoms. The molecule has 0 spiro atoms. The van der Waals surface area contributed by atoms with Gasteiger partial charge in [-0.25, -0.2) is 9.78 Å². The van der Waals surface area contributed by atoms with Gasteiger partial charge in [0.25, 0.3) is 5.91 Å². The first-order valence-electron chi connectivity index (χ1n) is 7.60. The van der Waals surface area contributed by atoms with Gasteiger partial charge in [0.1, 0.15) is 0 Å². The van der Waals surface area contributed by atoms with Gasteiger partial charge >= 0.3 is 5.97 Å². The fourth-order valence-corrected chi connectivity index (χ4v) is 2.89. The molecule has 1 aliphatic carbocycles. The summed E-state index contributed by atoms with van der Waals surface area (Å²) in [5.41, 5.74) is 1.19. The van der Waals surface area contributed by atoms with Gasteiger partial charge < -0.3 is 10.1 Å². The summed E-state index contributed by atoms with van der Waals surface area (Å²) in [6.07, 6.45) is 8.88. The SMILES string of the molecule is O=C(COC(=O)c1ncc(Cl)c(Cl)c1Cl)NCCC1=CCCCC1. The van der Waals surface area contributed by atoms with Crippen LogP contribution in [0.25, 0.3) is 0 Å². The zero-order valence-corrected chi connectivity index (χ0v) is 15.2. The number of aromatic nitrogens is 1. The molecule has 5 nitrogen and oxygen atoms in total. The molecule has 0 unspecified atom stereocenters. The normalized spacial score (nSPS) is 14.0. The Kier molecular flexibility index (Phi) is 7.34. The standard InChI is InChI=1S/C16H17Cl3N2O3/c17-11-8-21-15(14(19)13(11)18)16(23)24-9-12(22)20-7-6-10-4-2-1-3-5-10/h4,8H,1-3,5-7,9H2,(H,20,22). The third kappa shape index (κ3) is 5.36. The fourth-order valence-electron chi connectivity index (χ4n) is 2.33. The van der Waals surface area contributed by atoms with Crippen LogP contribution in [0.5, 0.6) is 0 Å². The van der Waals surface area contributed by atoms with Gasteiger partial charge in [-0.3, -0.25) is 4.79 Å². The van der Waals surface area contributed by atoms with Crippen LogP contribution in [0.2, 0.25) is 15.1 Å². The minimum atomic E-state index is -0.830. The maximum atomic E-state index is 11.9. The van der Waals surface area contributed by atoms with Gasteiger partial charge in [0.15, 0.2) is 12.3 Å². The van der Waals surface area contributed by atoms with E-state index in [1.54, 1.807) is 0 Å². The van der Waals surface area contributed by atoms with Crippen LogP contribution >= 0.6 is 34.8 Å². The summed E-state index contributed by atoms with van der Waals surface area (Å²) < 4.78 is 4.89. The van der Waals surface area contributed by atoms with E-state index in [-0.39, 0.29) is 26.7 Å². The van der Waals surface area contributed by atoms with Crippen molar-refractivity contribution in [3.05, 3.63) is 38.6 Å². The van der Waals surface area contributed by atoms with E-state index in [0.717, 1.165) is 19.3 Å². The molecule has 2 rings (SSSR count). The number of hydrogen-bond acceptors (Lipinski definition) is 4. The number of rotatable bonds is 6. The number of nitrogens with zero attached hydrogens (tertiary/aromatic N) is 1. The van der Waals surface area contributed by atoms with E-state index in [2.05, 4.69) is 16.4 Å². The molecule has 130 valence electrons. The van der Waals surface area contributed by atoms with E-state index in [0.29, 0.717) is 6.54 Å². The molecule has 0 aromatic carbocycles. The molecule has 1 N–H and O–H groups in total. The Bertz CT molecular complexity index is 662. The van der Waals surface area contributed by atoms with Crippen molar-refractivity contribution in [2.75, 3.05) is 13.2 Å². The molecule has 1 aromatic rings. The molecule has 0 aliphatic heterocycles. The van der Waals surface area contributed by atoms with E-state index in [4.69, 9.17) is 39.5 Å². The van der Waals surface area contributed by atoms with Crippen LogP contribution in [-0.4, -0.2) is 30.0 Å². The number of pyridine rings is 1. The number of halogens is 3. The summed E-state index contributed by atoms with van der Waals surface area (Å²) in [4.78, 5) is 27.4. The Morgan fingerprint density at radius 1 is 1.21 bits per heavy atom. The predicted octanol–water partition coefficient (Wildman–Crippen LogP) is 4.21. The Balaban J connectivity index is 1.76. The van der Waals surface area contributed by atoms with Crippen molar-refractivity contribution in [1.82, 2.24) is 10.3 Å². The molecule has 1 aromatic heterocycles. The van der Waals surface area contributed by atoms with Gasteiger partial charge in [0.05, 0.1) is 15.1 Å². The molecule has 1 heterocycles. The first-order chi connectivity index (χ1) is 11.5. The highest BCUT2D eigenvalue weighted by atomic mass is 35.5. The summed E-state index contributed by atoms with van der Waals surface area (Å²) in [6.45, 7) is 0.115. The topological polar surface area (TPSA) is 68.3 Å². The van der Waals surface area contributed by atoms with Crippen LogP contribution in [-0.2, 0) is 9.53 Å². The number of nitrogens with one attached hydrogen (secondary N) is 1. The molecule has 0 saturated carbocycles. The molecular formula is C16H17Cl3N2O3. The molecule has 0 saturated heterocycles. The Morgan fingerprint density at radius 2 is 2.00 bits per heavy atom. The predicted molar refractivity (Wildman–Crippen MR) is 93.7 cm³/mol. The summed E-state index contributed by atoms with van der Waals surface area (Å²) in [6, 6.07) is 0. The Morgan fingerprint density at radius 3 is 2.71 bits per heavy atom. The lowest BCUT2D eigenvalue weighted by Crippen LogP contribution is -2.30. The lowest BCUT2D eigenvalue weighted by molar-refractivity contribution is -0.124. The lowest BCUT2D eigenvalue weighted by Gasteiger charge is -2.13. The second-order valence-electron chi connectivity index (χ2n) is 5.37. The van der Waals surface area contributed by atoms with E-state index in [1.807, 2.05) is 0 Å². The van der Waals surface area contributed by atoms with Crippen LogP contribution < -0.4 is 5.32 Å². The van der Waals surface area contributed by atoms with Crippen molar-refractivity contribution in [3.63, 3.8) is 0 Å². The van der Waals surface area contributed by atoms with Crippen molar-refractivity contribution in [3.8, 4) is 0 Å². The highest BCUT2D eigenvalue weighted by Crippen LogP contribution is 2.31. The number of hydrogen-bond donors (Lipinski definition) is 1. The maximum absolute atomic E-state index is 11.9. The Labute approximate surface area is 155 Å². The van der Waals surface area contributed by atoms with E-state index in [9.17, 15) is 9.59 Å². The number of carbonyl (C=O) groups is 2. The number of esters is 1. The van der Waals surface area contributed by atoms with E-state index >= 15 is 0 Å². The molecule has 1 aliphatic rings. The van der Waals surface area contributed by atoms with Gasteiger partial charge in [-0.1, -0.05) is 46.5 Å². The van der Waals surface area contributed by atoms with Gasteiger partial charge in [-0.2, -0.15) is 0 Å². The maximum Gasteiger partial charge on any atom is 0.359 e. The second-order valence-corrected chi connectivity index (χ2v) is 6.53. The average molecular weight is 392 g/mol. The molecular weight excluding hydrogens is 375 g/mol. The summed E-state index contributed by atoms with van der Waals surface area (Å²) in [5.74, 6) is -1.21. The molecule has 0 atom stereocenters. The van der Waals surface area contributed by atoms with Gasteiger partial charge in [-0.05, 0) is 32.1 Å². The fraction of sp³-hybridized carbons (Fsp3) is 0.438. The monoisotopic (exact) mass is 390 g/mol. The van der Waals surface area contributed by atoms with Gasteiger partial charge in [0, 0.05) is 12.7 Å². The third-order valence-electron chi connectivity index (χ3n) is 3.60. The first kappa shape index (κ1) is 19.0. The molecule has 0 fully saturated rings. The van der Waals surface area contributed by atoms with Crippen molar-refractivity contribution in [2.45, 2.75) is 32.1 Å². The van der Waals surface area contributed by atoms with Crippen LogP contribution in [0.4, 0.5) is 0 Å². The number of amides is 1. The van der Waals surface area contributed by atoms with Gasteiger partial charge in [-0.15, -0.1) is 0 Å². The summed E-state index contributed by atoms with van der Waals surface area (Å²) >= 11 is 17.5. The number of ether oxygens (including phenoxy) is 1.